The van der Waals surface area contributed by atoms with Crippen molar-refractivity contribution in [2.24, 2.45) is 5.92 Å². The van der Waals surface area contributed by atoms with Gasteiger partial charge in [-0.2, -0.15) is 0 Å². The van der Waals surface area contributed by atoms with Crippen LogP contribution in [0.3, 0.4) is 0 Å². The number of rotatable bonds is 7. The molecule has 1 aliphatic heterocycles. The van der Waals surface area contributed by atoms with Crippen LogP contribution in [-0.2, 0) is 16.0 Å². The highest BCUT2D eigenvalue weighted by molar-refractivity contribution is 6.01. The van der Waals surface area contributed by atoms with Crippen molar-refractivity contribution in [3.8, 4) is 11.1 Å². The molecule has 188 valence electrons. The zero-order valence-corrected chi connectivity index (χ0v) is 21.0. The molecule has 3 aromatic carbocycles. The monoisotopic (exact) mass is 486 g/mol. The van der Waals surface area contributed by atoms with Crippen LogP contribution in [0, 0.1) is 19.8 Å². The molecule has 1 heterocycles. The first-order chi connectivity index (χ1) is 17.5. The maximum atomic E-state index is 13.2. The maximum Gasteiger partial charge on any atom is 0.290 e. The normalized spacial score (nSPS) is 13.8. The summed E-state index contributed by atoms with van der Waals surface area (Å²) in [6.07, 6.45) is 4.88. The first kappa shape index (κ1) is 26.8. The van der Waals surface area contributed by atoms with Gasteiger partial charge in [-0.05, 0) is 73.8 Å². The summed E-state index contributed by atoms with van der Waals surface area (Å²) in [6.45, 7) is 5.24. The maximum absolute atomic E-state index is 13.2. The van der Waals surface area contributed by atoms with Crippen molar-refractivity contribution >= 4 is 18.8 Å². The van der Waals surface area contributed by atoms with Crippen LogP contribution in [0.2, 0.25) is 0 Å². The molecule has 1 fully saturated rings. The smallest absolute Gasteiger partial charge is 0.290 e. The van der Waals surface area contributed by atoms with Gasteiger partial charge in [0.1, 0.15) is 0 Å². The molecule has 1 aliphatic rings. The van der Waals surface area contributed by atoms with Gasteiger partial charge in [0.05, 0.1) is 0 Å². The van der Waals surface area contributed by atoms with Gasteiger partial charge in [0.2, 0.25) is 6.41 Å². The van der Waals surface area contributed by atoms with Gasteiger partial charge >= 0.3 is 0 Å². The van der Waals surface area contributed by atoms with E-state index in [2.05, 4.69) is 43.3 Å². The van der Waals surface area contributed by atoms with Crippen molar-refractivity contribution in [3.63, 3.8) is 0 Å². The van der Waals surface area contributed by atoms with E-state index in [1.807, 2.05) is 48.3 Å². The molecular weight excluding hydrogens is 452 g/mol. The van der Waals surface area contributed by atoms with E-state index in [9.17, 15) is 9.59 Å². The molecule has 4 rings (SSSR count). The van der Waals surface area contributed by atoms with Crippen molar-refractivity contribution in [3.05, 3.63) is 95.1 Å². The van der Waals surface area contributed by atoms with E-state index < -0.39 is 0 Å². The van der Waals surface area contributed by atoms with E-state index in [-0.39, 0.29) is 12.4 Å². The summed E-state index contributed by atoms with van der Waals surface area (Å²) in [4.78, 5) is 33.5. The highest BCUT2D eigenvalue weighted by Gasteiger charge is 2.28. The van der Waals surface area contributed by atoms with E-state index in [1.165, 1.54) is 16.1 Å². The third kappa shape index (κ3) is 7.12. The van der Waals surface area contributed by atoms with Crippen molar-refractivity contribution in [2.45, 2.75) is 39.5 Å². The molecule has 0 saturated carbocycles. The highest BCUT2D eigenvalue weighted by Crippen LogP contribution is 2.26. The van der Waals surface area contributed by atoms with Crippen LogP contribution in [0.1, 0.15) is 46.3 Å². The number of nitrogens with zero attached hydrogens (tertiary/aromatic N) is 2. The topological polar surface area (TPSA) is 77.9 Å². The molecule has 3 aromatic rings. The molecule has 36 heavy (non-hydrogen) atoms. The van der Waals surface area contributed by atoms with Gasteiger partial charge in [-0.25, -0.2) is 10.0 Å². The Labute approximate surface area is 213 Å². The lowest BCUT2D eigenvalue weighted by Crippen LogP contribution is -2.49. The number of carbonyl (C=O) groups excluding carboxylic acids is 2. The Balaban J connectivity index is 0.00000115. The van der Waals surface area contributed by atoms with E-state index in [0.29, 0.717) is 17.9 Å². The Bertz CT molecular complexity index is 1140. The number of imide groups is 1. The molecule has 0 atom stereocenters. The molecular formula is C30H34N2O4. The molecule has 0 aliphatic carbocycles. The summed E-state index contributed by atoms with van der Waals surface area (Å²) in [6, 6.07) is 24.7. The number of carbonyl (C=O) groups is 3. The second-order valence-electron chi connectivity index (χ2n) is 9.18. The summed E-state index contributed by atoms with van der Waals surface area (Å²) in [5.74, 6) is 0.373. The fraction of sp³-hybridized carbons (Fsp3) is 0.300. The number of piperidine rings is 1. The molecule has 0 spiro atoms. The predicted molar refractivity (Wildman–Crippen MR) is 141 cm³/mol. The van der Waals surface area contributed by atoms with E-state index in [1.54, 1.807) is 0 Å². The van der Waals surface area contributed by atoms with Gasteiger partial charge in [0.15, 0.2) is 0 Å². The molecule has 0 radical (unpaired) electrons. The SMILES string of the molecule is Cc1ccc(CCC2CCN(N(C=O)C(=O)c3ccc(-c4ccccc4)cc3C)CC2)cc1.O=CO. The molecule has 0 unspecified atom stereocenters. The number of hydrazine groups is 1. The third-order valence-electron chi connectivity index (χ3n) is 6.73. The summed E-state index contributed by atoms with van der Waals surface area (Å²) in [7, 11) is 0. The summed E-state index contributed by atoms with van der Waals surface area (Å²) >= 11 is 0. The molecule has 0 aromatic heterocycles. The minimum Gasteiger partial charge on any atom is -0.483 e. The third-order valence-corrected chi connectivity index (χ3v) is 6.73. The van der Waals surface area contributed by atoms with Crippen LogP contribution in [0.5, 0.6) is 0 Å². The van der Waals surface area contributed by atoms with E-state index in [0.717, 1.165) is 55.5 Å². The number of hydrogen-bond acceptors (Lipinski definition) is 4. The zero-order chi connectivity index (χ0) is 25.9. The van der Waals surface area contributed by atoms with Crippen LogP contribution < -0.4 is 0 Å². The lowest BCUT2D eigenvalue weighted by Gasteiger charge is -2.36. The number of amides is 2. The average molecular weight is 487 g/mol. The van der Waals surface area contributed by atoms with Gasteiger partial charge < -0.3 is 5.11 Å². The minimum absolute atomic E-state index is 0.250. The Kier molecular flexibility index (Phi) is 9.95. The number of hydrogen-bond donors (Lipinski definition) is 1. The van der Waals surface area contributed by atoms with Crippen molar-refractivity contribution < 1.29 is 19.5 Å². The van der Waals surface area contributed by atoms with Crippen LogP contribution in [-0.4, -0.2) is 47.0 Å². The Hall–Kier alpha value is -3.77. The Morgan fingerprint density at radius 1 is 0.944 bits per heavy atom. The van der Waals surface area contributed by atoms with Crippen LogP contribution >= 0.6 is 0 Å². The second-order valence-corrected chi connectivity index (χ2v) is 9.18. The fourth-order valence-corrected chi connectivity index (χ4v) is 4.63. The molecule has 1 saturated heterocycles. The lowest BCUT2D eigenvalue weighted by atomic mass is 9.91. The van der Waals surface area contributed by atoms with Gasteiger partial charge in [0.25, 0.3) is 12.4 Å². The van der Waals surface area contributed by atoms with Crippen LogP contribution in [0.25, 0.3) is 11.1 Å². The quantitative estimate of drug-likeness (QED) is 0.444. The Morgan fingerprint density at radius 3 is 2.17 bits per heavy atom. The number of benzene rings is 3. The van der Waals surface area contributed by atoms with Crippen LogP contribution in [0.4, 0.5) is 0 Å². The Morgan fingerprint density at radius 2 is 1.58 bits per heavy atom. The molecule has 2 amide bonds. The second kappa shape index (κ2) is 13.4. The number of carboxylic acid groups (broad SMARTS) is 1. The number of aryl methyl sites for hydroxylation is 3. The minimum atomic E-state index is -0.250. The zero-order valence-electron chi connectivity index (χ0n) is 21.0. The van der Waals surface area contributed by atoms with Gasteiger partial charge in [-0.3, -0.25) is 14.4 Å². The first-order valence-electron chi connectivity index (χ1n) is 12.3. The standard InChI is InChI=1S/C29H32N2O2.CH2O2/c1-22-8-10-24(11-9-22)12-13-25-16-18-30(19-17-25)31(21-32)29(33)28-15-14-27(20-23(28)2)26-6-4-3-5-7-26;2-1-3/h3-11,14-15,20-21,25H,12-13,16-19H2,1-2H3;1H,(H,2,3). The lowest BCUT2D eigenvalue weighted by molar-refractivity contribution is -0.130. The van der Waals surface area contributed by atoms with Gasteiger partial charge in [-0.1, -0.05) is 72.3 Å². The van der Waals surface area contributed by atoms with Crippen molar-refractivity contribution in [1.82, 2.24) is 10.0 Å². The summed E-state index contributed by atoms with van der Waals surface area (Å²) in [5, 5.41) is 10.1. The molecule has 1 N–H and O–H groups in total. The van der Waals surface area contributed by atoms with Crippen molar-refractivity contribution in [1.29, 1.82) is 0 Å². The van der Waals surface area contributed by atoms with Crippen LogP contribution in [0.15, 0.2) is 72.8 Å². The average Bonchev–Trinajstić information content (AvgIpc) is 2.90. The largest absolute Gasteiger partial charge is 0.483 e. The van der Waals surface area contributed by atoms with E-state index in [4.69, 9.17) is 9.90 Å². The highest BCUT2D eigenvalue weighted by atomic mass is 16.3. The molecule has 0 bridgehead atoms. The summed E-state index contributed by atoms with van der Waals surface area (Å²) < 4.78 is 0. The molecule has 6 nitrogen and oxygen atoms in total. The van der Waals surface area contributed by atoms with Crippen molar-refractivity contribution in [2.75, 3.05) is 13.1 Å². The van der Waals surface area contributed by atoms with E-state index >= 15 is 0 Å². The van der Waals surface area contributed by atoms with Gasteiger partial charge in [0, 0.05) is 18.7 Å². The predicted octanol–water partition coefficient (Wildman–Crippen LogP) is 5.53. The fourth-order valence-electron chi connectivity index (χ4n) is 4.63. The van der Waals surface area contributed by atoms with Gasteiger partial charge in [-0.15, -0.1) is 0 Å². The first-order valence-corrected chi connectivity index (χ1v) is 12.3. The summed E-state index contributed by atoms with van der Waals surface area (Å²) in [5.41, 5.74) is 6.29. The molecule has 6 heteroatoms.